The number of hydrogen-bond donors (Lipinski definition) is 1. The van der Waals surface area contributed by atoms with Crippen molar-refractivity contribution in [2.75, 3.05) is 12.3 Å². The Labute approximate surface area is 125 Å². The molecule has 1 aliphatic heterocycles. The second-order valence-corrected chi connectivity index (χ2v) is 5.90. The molecule has 7 heteroatoms. The summed E-state index contributed by atoms with van der Waals surface area (Å²) in [5, 5.41) is 12.0. The fourth-order valence-corrected chi connectivity index (χ4v) is 2.70. The number of nitrogen functional groups attached to an aromatic ring is 1. The average Bonchev–Trinajstić information content (AvgIpc) is 3.04. The fourth-order valence-electron chi connectivity index (χ4n) is 2.46. The van der Waals surface area contributed by atoms with Gasteiger partial charge < -0.3 is 10.5 Å². The van der Waals surface area contributed by atoms with Crippen LogP contribution in [0.5, 0.6) is 0 Å². The SMILES string of the molecule is CC1OCCC1Cn1nnnc1-c1ccc(Br)c(N)c1. The molecule has 1 fully saturated rings. The van der Waals surface area contributed by atoms with Crippen molar-refractivity contribution in [3.05, 3.63) is 22.7 Å². The molecule has 3 rings (SSSR count). The van der Waals surface area contributed by atoms with Crippen LogP contribution in [0.1, 0.15) is 13.3 Å². The molecular weight excluding hydrogens is 322 g/mol. The van der Waals surface area contributed by atoms with Gasteiger partial charge in [-0.2, -0.15) is 0 Å². The van der Waals surface area contributed by atoms with Crippen molar-refractivity contribution in [3.8, 4) is 11.4 Å². The van der Waals surface area contributed by atoms with Gasteiger partial charge >= 0.3 is 0 Å². The van der Waals surface area contributed by atoms with Crippen molar-refractivity contribution in [1.82, 2.24) is 20.2 Å². The molecule has 1 saturated heterocycles. The number of halogens is 1. The van der Waals surface area contributed by atoms with Crippen LogP contribution >= 0.6 is 15.9 Å². The lowest BCUT2D eigenvalue weighted by molar-refractivity contribution is 0.101. The Hall–Kier alpha value is -1.47. The van der Waals surface area contributed by atoms with E-state index in [0.717, 1.165) is 35.4 Å². The second-order valence-electron chi connectivity index (χ2n) is 5.05. The van der Waals surface area contributed by atoms with Gasteiger partial charge in [-0.15, -0.1) is 5.10 Å². The number of anilines is 1. The van der Waals surface area contributed by atoms with Gasteiger partial charge in [-0.1, -0.05) is 0 Å². The van der Waals surface area contributed by atoms with E-state index in [1.54, 1.807) is 0 Å². The quantitative estimate of drug-likeness (QED) is 0.867. The molecule has 0 radical (unpaired) electrons. The molecular formula is C13H16BrN5O. The van der Waals surface area contributed by atoms with Crippen molar-refractivity contribution in [2.24, 2.45) is 5.92 Å². The van der Waals surface area contributed by atoms with Crippen molar-refractivity contribution in [3.63, 3.8) is 0 Å². The molecule has 2 atom stereocenters. The molecule has 0 spiro atoms. The smallest absolute Gasteiger partial charge is 0.182 e. The molecule has 6 nitrogen and oxygen atoms in total. The van der Waals surface area contributed by atoms with Crippen LogP contribution in [0, 0.1) is 5.92 Å². The first-order valence-corrected chi connectivity index (χ1v) is 7.37. The van der Waals surface area contributed by atoms with Gasteiger partial charge in [0.2, 0.25) is 0 Å². The maximum Gasteiger partial charge on any atom is 0.182 e. The van der Waals surface area contributed by atoms with Crippen LogP contribution < -0.4 is 5.73 Å². The zero-order valence-corrected chi connectivity index (χ0v) is 12.7. The Morgan fingerprint density at radius 2 is 2.35 bits per heavy atom. The van der Waals surface area contributed by atoms with Gasteiger partial charge in [0.15, 0.2) is 5.82 Å². The van der Waals surface area contributed by atoms with E-state index < -0.39 is 0 Å². The maximum atomic E-state index is 5.92. The Kier molecular flexibility index (Phi) is 3.71. The van der Waals surface area contributed by atoms with Gasteiger partial charge in [0.05, 0.1) is 12.6 Å². The third-order valence-electron chi connectivity index (χ3n) is 3.73. The van der Waals surface area contributed by atoms with Crippen molar-refractivity contribution < 1.29 is 4.74 Å². The Morgan fingerprint density at radius 3 is 3.05 bits per heavy atom. The van der Waals surface area contributed by atoms with Crippen LogP contribution in [-0.2, 0) is 11.3 Å². The molecule has 1 aliphatic rings. The topological polar surface area (TPSA) is 78.8 Å². The number of nitrogens with two attached hydrogens (primary N) is 1. The van der Waals surface area contributed by atoms with E-state index >= 15 is 0 Å². The fraction of sp³-hybridized carbons (Fsp3) is 0.462. The summed E-state index contributed by atoms with van der Waals surface area (Å²) in [7, 11) is 0. The summed E-state index contributed by atoms with van der Waals surface area (Å²) in [5.41, 5.74) is 7.51. The highest BCUT2D eigenvalue weighted by atomic mass is 79.9. The maximum absolute atomic E-state index is 5.92. The van der Waals surface area contributed by atoms with E-state index in [0.29, 0.717) is 11.6 Å². The molecule has 1 aromatic carbocycles. The number of benzene rings is 1. The van der Waals surface area contributed by atoms with Crippen molar-refractivity contribution in [1.29, 1.82) is 0 Å². The Balaban J connectivity index is 1.87. The Bertz CT molecular complexity index is 615. The Morgan fingerprint density at radius 1 is 1.50 bits per heavy atom. The van der Waals surface area contributed by atoms with E-state index in [-0.39, 0.29) is 6.10 Å². The van der Waals surface area contributed by atoms with Crippen LogP contribution in [0.25, 0.3) is 11.4 Å². The second kappa shape index (κ2) is 5.49. The minimum Gasteiger partial charge on any atom is -0.398 e. The predicted octanol–water partition coefficient (Wildman–Crippen LogP) is 2.11. The normalized spacial score (nSPS) is 22.3. The number of tetrazole rings is 1. The minimum absolute atomic E-state index is 0.252. The van der Waals surface area contributed by atoms with E-state index in [2.05, 4.69) is 38.4 Å². The summed E-state index contributed by atoms with van der Waals surface area (Å²) in [6, 6.07) is 5.74. The molecule has 2 heterocycles. The summed E-state index contributed by atoms with van der Waals surface area (Å²) in [6.45, 7) is 3.67. The molecule has 0 amide bonds. The van der Waals surface area contributed by atoms with Gasteiger partial charge in [0, 0.05) is 28.2 Å². The molecule has 2 aromatic rings. The molecule has 2 N–H and O–H groups in total. The zero-order valence-electron chi connectivity index (χ0n) is 11.2. The van der Waals surface area contributed by atoms with Crippen LogP contribution in [0.2, 0.25) is 0 Å². The highest BCUT2D eigenvalue weighted by Gasteiger charge is 2.26. The third kappa shape index (κ3) is 2.55. The summed E-state index contributed by atoms with van der Waals surface area (Å²) >= 11 is 3.39. The zero-order chi connectivity index (χ0) is 14.1. The van der Waals surface area contributed by atoms with E-state index in [4.69, 9.17) is 10.5 Å². The molecule has 2 unspecified atom stereocenters. The lowest BCUT2D eigenvalue weighted by Gasteiger charge is -2.14. The molecule has 106 valence electrons. The standard InChI is InChI=1S/C13H16BrN5O/c1-8-10(4-5-20-8)7-19-13(16-17-18-19)9-2-3-11(14)12(15)6-9/h2-3,6,8,10H,4-5,7,15H2,1H3. The van der Waals surface area contributed by atoms with Gasteiger partial charge in [-0.05, 0) is 57.9 Å². The number of hydrogen-bond acceptors (Lipinski definition) is 5. The highest BCUT2D eigenvalue weighted by molar-refractivity contribution is 9.10. The monoisotopic (exact) mass is 337 g/mol. The lowest BCUT2D eigenvalue weighted by Crippen LogP contribution is -2.19. The molecule has 0 aliphatic carbocycles. The van der Waals surface area contributed by atoms with Crippen LogP contribution in [0.15, 0.2) is 22.7 Å². The summed E-state index contributed by atoms with van der Waals surface area (Å²) < 4.78 is 8.29. The summed E-state index contributed by atoms with van der Waals surface area (Å²) in [4.78, 5) is 0. The average molecular weight is 338 g/mol. The predicted molar refractivity (Wildman–Crippen MR) is 78.9 cm³/mol. The largest absolute Gasteiger partial charge is 0.398 e. The number of nitrogens with zero attached hydrogens (tertiary/aromatic N) is 4. The van der Waals surface area contributed by atoms with E-state index in [1.807, 2.05) is 22.9 Å². The third-order valence-corrected chi connectivity index (χ3v) is 4.45. The lowest BCUT2D eigenvalue weighted by atomic mass is 10.0. The first-order valence-electron chi connectivity index (χ1n) is 6.58. The van der Waals surface area contributed by atoms with Crippen molar-refractivity contribution >= 4 is 21.6 Å². The molecule has 0 saturated carbocycles. The number of ether oxygens (including phenoxy) is 1. The summed E-state index contributed by atoms with van der Waals surface area (Å²) in [5.74, 6) is 1.19. The first-order chi connectivity index (χ1) is 9.65. The number of aromatic nitrogens is 4. The first kappa shape index (κ1) is 13.5. The van der Waals surface area contributed by atoms with Crippen LogP contribution in [-0.4, -0.2) is 32.9 Å². The van der Waals surface area contributed by atoms with E-state index in [9.17, 15) is 0 Å². The van der Waals surface area contributed by atoms with Gasteiger partial charge in [0.1, 0.15) is 0 Å². The highest BCUT2D eigenvalue weighted by Crippen LogP contribution is 2.27. The molecule has 20 heavy (non-hydrogen) atoms. The molecule has 1 aromatic heterocycles. The molecule has 0 bridgehead atoms. The minimum atomic E-state index is 0.252. The van der Waals surface area contributed by atoms with Crippen LogP contribution in [0.4, 0.5) is 5.69 Å². The van der Waals surface area contributed by atoms with Crippen LogP contribution in [0.3, 0.4) is 0 Å². The van der Waals surface area contributed by atoms with E-state index in [1.165, 1.54) is 0 Å². The summed E-state index contributed by atoms with van der Waals surface area (Å²) in [6.07, 6.45) is 1.30. The number of rotatable bonds is 3. The van der Waals surface area contributed by atoms with Gasteiger partial charge in [-0.3, -0.25) is 0 Å². The van der Waals surface area contributed by atoms with Crippen molar-refractivity contribution in [2.45, 2.75) is 26.0 Å². The van der Waals surface area contributed by atoms with Gasteiger partial charge in [-0.25, -0.2) is 4.68 Å². The van der Waals surface area contributed by atoms with Gasteiger partial charge in [0.25, 0.3) is 0 Å².